The SMILES string of the molecule is Cc1cc(Sc2cc(C(=O)O)cc([N+](=O)[O-])c2C)n(C)n1. The molecule has 2 rings (SSSR count). The van der Waals surface area contributed by atoms with Crippen molar-refractivity contribution >= 4 is 23.4 Å². The fraction of sp³-hybridized carbons (Fsp3) is 0.231. The minimum Gasteiger partial charge on any atom is -0.478 e. The van der Waals surface area contributed by atoms with Crippen molar-refractivity contribution in [2.24, 2.45) is 7.05 Å². The lowest BCUT2D eigenvalue weighted by Gasteiger charge is -2.08. The second kappa shape index (κ2) is 5.57. The molecule has 0 aliphatic heterocycles. The zero-order chi connectivity index (χ0) is 15.7. The van der Waals surface area contributed by atoms with Gasteiger partial charge in [-0.15, -0.1) is 0 Å². The Hall–Kier alpha value is -2.35. The van der Waals surface area contributed by atoms with Gasteiger partial charge in [0.05, 0.1) is 21.2 Å². The van der Waals surface area contributed by atoms with Gasteiger partial charge in [0.15, 0.2) is 0 Å². The maximum Gasteiger partial charge on any atom is 0.335 e. The maximum absolute atomic E-state index is 11.1. The van der Waals surface area contributed by atoms with Crippen molar-refractivity contribution in [2.75, 3.05) is 0 Å². The number of carbonyl (C=O) groups is 1. The number of hydrogen-bond donors (Lipinski definition) is 1. The lowest BCUT2D eigenvalue weighted by atomic mass is 10.1. The molecule has 0 spiro atoms. The third-order valence-electron chi connectivity index (χ3n) is 2.95. The molecular weight excluding hydrogens is 294 g/mol. The zero-order valence-electron chi connectivity index (χ0n) is 11.7. The summed E-state index contributed by atoms with van der Waals surface area (Å²) in [5.41, 5.74) is 0.959. The highest BCUT2D eigenvalue weighted by molar-refractivity contribution is 7.99. The van der Waals surface area contributed by atoms with Gasteiger partial charge in [-0.25, -0.2) is 4.79 Å². The number of carboxylic acid groups (broad SMARTS) is 1. The Balaban J connectivity index is 2.54. The number of benzene rings is 1. The number of hydrogen-bond acceptors (Lipinski definition) is 5. The highest BCUT2D eigenvalue weighted by Gasteiger charge is 2.20. The summed E-state index contributed by atoms with van der Waals surface area (Å²) in [5.74, 6) is -1.19. The van der Waals surface area contributed by atoms with Crippen molar-refractivity contribution in [1.82, 2.24) is 9.78 Å². The summed E-state index contributed by atoms with van der Waals surface area (Å²) in [6.45, 7) is 3.45. The Bertz CT molecular complexity index is 739. The second-order valence-electron chi connectivity index (χ2n) is 4.53. The fourth-order valence-electron chi connectivity index (χ4n) is 1.89. The van der Waals surface area contributed by atoms with Gasteiger partial charge in [-0.1, -0.05) is 11.8 Å². The van der Waals surface area contributed by atoms with Crippen LogP contribution in [0.4, 0.5) is 5.69 Å². The number of aromatic carboxylic acids is 1. The number of nitro benzene ring substituents is 1. The molecule has 1 heterocycles. The molecule has 1 aromatic carbocycles. The third-order valence-corrected chi connectivity index (χ3v) is 4.19. The summed E-state index contributed by atoms with van der Waals surface area (Å²) < 4.78 is 1.65. The van der Waals surface area contributed by atoms with E-state index in [2.05, 4.69) is 5.10 Å². The van der Waals surface area contributed by atoms with Gasteiger partial charge < -0.3 is 5.11 Å². The molecule has 1 N–H and O–H groups in total. The number of aromatic nitrogens is 2. The van der Waals surface area contributed by atoms with Crippen LogP contribution in [0, 0.1) is 24.0 Å². The van der Waals surface area contributed by atoms with Crippen LogP contribution < -0.4 is 0 Å². The molecule has 0 bridgehead atoms. The summed E-state index contributed by atoms with van der Waals surface area (Å²) in [6, 6.07) is 4.36. The van der Waals surface area contributed by atoms with E-state index in [1.54, 1.807) is 18.7 Å². The van der Waals surface area contributed by atoms with Gasteiger partial charge in [0.1, 0.15) is 0 Å². The first-order valence-electron chi connectivity index (χ1n) is 6.00. The molecule has 0 aliphatic carbocycles. The normalized spacial score (nSPS) is 10.6. The van der Waals surface area contributed by atoms with Gasteiger partial charge in [-0.2, -0.15) is 5.10 Å². The van der Waals surface area contributed by atoms with Gasteiger partial charge in [0.25, 0.3) is 5.69 Å². The molecule has 0 aliphatic rings. The number of rotatable bonds is 4. The van der Waals surface area contributed by atoms with Crippen LogP contribution in [0.3, 0.4) is 0 Å². The predicted molar refractivity (Wildman–Crippen MR) is 76.9 cm³/mol. The van der Waals surface area contributed by atoms with Crippen molar-refractivity contribution < 1.29 is 14.8 Å². The van der Waals surface area contributed by atoms with Crippen LogP contribution in [0.2, 0.25) is 0 Å². The minimum atomic E-state index is -1.19. The molecule has 0 unspecified atom stereocenters. The molecule has 21 heavy (non-hydrogen) atoms. The molecule has 0 fully saturated rings. The minimum absolute atomic E-state index is 0.103. The number of carboxylic acids is 1. The number of nitrogens with zero attached hydrogens (tertiary/aromatic N) is 3. The van der Waals surface area contributed by atoms with Crippen LogP contribution in [0.25, 0.3) is 0 Å². The Morgan fingerprint density at radius 2 is 2.05 bits per heavy atom. The standard InChI is InChI=1S/C13H13N3O4S/c1-7-4-12(15(3)14-7)21-11-6-9(13(17)18)5-10(8(11)2)16(19)20/h4-6H,1-3H3,(H,17,18). The summed E-state index contributed by atoms with van der Waals surface area (Å²) in [4.78, 5) is 22.1. The number of aryl methyl sites for hydroxylation is 2. The molecule has 1 aromatic heterocycles. The van der Waals surface area contributed by atoms with Crippen LogP contribution in [0.5, 0.6) is 0 Å². The van der Waals surface area contributed by atoms with E-state index in [0.717, 1.165) is 16.8 Å². The smallest absolute Gasteiger partial charge is 0.335 e. The van der Waals surface area contributed by atoms with Gasteiger partial charge >= 0.3 is 5.97 Å². The van der Waals surface area contributed by atoms with E-state index < -0.39 is 10.9 Å². The van der Waals surface area contributed by atoms with Crippen LogP contribution in [-0.4, -0.2) is 25.8 Å². The van der Waals surface area contributed by atoms with Gasteiger partial charge in [-0.05, 0) is 26.0 Å². The summed E-state index contributed by atoms with van der Waals surface area (Å²) in [5, 5.41) is 25.1. The lowest BCUT2D eigenvalue weighted by molar-refractivity contribution is -0.385. The maximum atomic E-state index is 11.1. The van der Waals surface area contributed by atoms with Crippen LogP contribution in [-0.2, 0) is 7.05 Å². The van der Waals surface area contributed by atoms with Crippen LogP contribution >= 0.6 is 11.8 Å². The Kier molecular flexibility index (Phi) is 3.99. The van der Waals surface area contributed by atoms with Gasteiger partial charge in [-0.3, -0.25) is 14.8 Å². The Morgan fingerprint density at radius 3 is 2.52 bits per heavy atom. The first-order valence-corrected chi connectivity index (χ1v) is 6.82. The first kappa shape index (κ1) is 15.0. The number of nitro groups is 1. The molecule has 110 valence electrons. The van der Waals surface area contributed by atoms with Crippen molar-refractivity contribution in [3.05, 3.63) is 45.1 Å². The molecule has 8 heteroatoms. The predicted octanol–water partition coefficient (Wildman–Crippen LogP) is 2.79. The summed E-state index contributed by atoms with van der Waals surface area (Å²) >= 11 is 1.26. The largest absolute Gasteiger partial charge is 0.478 e. The van der Waals surface area contributed by atoms with E-state index in [-0.39, 0.29) is 11.3 Å². The molecule has 0 saturated carbocycles. The first-order chi connectivity index (χ1) is 9.79. The molecule has 0 amide bonds. The van der Waals surface area contributed by atoms with Crippen molar-refractivity contribution in [3.63, 3.8) is 0 Å². The van der Waals surface area contributed by atoms with Gasteiger partial charge in [0.2, 0.25) is 0 Å². The van der Waals surface area contributed by atoms with Gasteiger partial charge in [0, 0.05) is 23.6 Å². The Morgan fingerprint density at radius 1 is 1.38 bits per heavy atom. The van der Waals surface area contributed by atoms with E-state index >= 15 is 0 Å². The van der Waals surface area contributed by atoms with E-state index in [1.807, 2.05) is 13.0 Å². The van der Waals surface area contributed by atoms with Crippen molar-refractivity contribution in [1.29, 1.82) is 0 Å². The highest BCUT2D eigenvalue weighted by Crippen LogP contribution is 2.35. The van der Waals surface area contributed by atoms with E-state index in [0.29, 0.717) is 10.5 Å². The molecule has 2 aromatic rings. The molecule has 0 radical (unpaired) electrons. The average Bonchev–Trinajstić information content (AvgIpc) is 2.69. The quantitative estimate of drug-likeness (QED) is 0.689. The van der Waals surface area contributed by atoms with Crippen LogP contribution in [0.15, 0.2) is 28.1 Å². The highest BCUT2D eigenvalue weighted by atomic mass is 32.2. The monoisotopic (exact) mass is 307 g/mol. The van der Waals surface area contributed by atoms with Crippen molar-refractivity contribution in [3.8, 4) is 0 Å². The fourth-order valence-corrected chi connectivity index (χ4v) is 2.96. The lowest BCUT2D eigenvalue weighted by Crippen LogP contribution is -2.02. The summed E-state index contributed by atoms with van der Waals surface area (Å²) in [7, 11) is 1.76. The van der Waals surface area contributed by atoms with Crippen molar-refractivity contribution in [2.45, 2.75) is 23.8 Å². The van der Waals surface area contributed by atoms with E-state index in [4.69, 9.17) is 5.11 Å². The van der Waals surface area contributed by atoms with Crippen LogP contribution in [0.1, 0.15) is 21.6 Å². The zero-order valence-corrected chi connectivity index (χ0v) is 12.5. The topological polar surface area (TPSA) is 98.3 Å². The average molecular weight is 307 g/mol. The molecule has 7 nitrogen and oxygen atoms in total. The molecular formula is C13H13N3O4S. The Labute approximate surface area is 124 Å². The molecule has 0 saturated heterocycles. The second-order valence-corrected chi connectivity index (χ2v) is 5.59. The molecule has 0 atom stereocenters. The van der Waals surface area contributed by atoms with E-state index in [9.17, 15) is 14.9 Å². The van der Waals surface area contributed by atoms with E-state index in [1.165, 1.54) is 17.8 Å². The summed E-state index contributed by atoms with van der Waals surface area (Å²) in [6.07, 6.45) is 0. The third kappa shape index (κ3) is 3.05.